The van der Waals surface area contributed by atoms with Crippen molar-refractivity contribution in [2.24, 2.45) is 0 Å². The van der Waals surface area contributed by atoms with E-state index in [9.17, 15) is 19.2 Å². The summed E-state index contributed by atoms with van der Waals surface area (Å²) in [6.07, 6.45) is 0.736. The number of ether oxygens (including phenoxy) is 2. The van der Waals surface area contributed by atoms with Crippen LogP contribution in [-0.2, 0) is 19.1 Å². The number of alkyl halides is 1. The van der Waals surface area contributed by atoms with E-state index < -0.39 is 17.7 Å². The molecule has 1 heterocycles. The fraction of sp³-hybridized carbons (Fsp3) is 0.208. The highest BCUT2D eigenvalue weighted by molar-refractivity contribution is 9.10. The van der Waals surface area contributed by atoms with E-state index in [1.54, 1.807) is 38.1 Å². The maximum Gasteiger partial charge on any atom is 0.375 e. The van der Waals surface area contributed by atoms with Crippen LogP contribution < -0.4 is 11.5 Å². The molecule has 0 bridgehead atoms. The molecule has 0 fully saturated rings. The first-order valence-electron chi connectivity index (χ1n) is 10.4. The lowest BCUT2D eigenvalue weighted by Gasteiger charge is -2.06. The predicted octanol–water partition coefficient (Wildman–Crippen LogP) is 5.11. The molecule has 0 unspecified atom stereocenters. The molecule has 12 heteroatoms. The molecule has 0 spiro atoms. The van der Waals surface area contributed by atoms with Gasteiger partial charge in [-0.3, -0.25) is 9.59 Å². The summed E-state index contributed by atoms with van der Waals surface area (Å²) in [6, 6.07) is 12.5. The molecular weight excluding hydrogens is 666 g/mol. The average molecular weight is 690 g/mol. The lowest BCUT2D eigenvalue weighted by Crippen LogP contribution is -2.17. The highest BCUT2D eigenvalue weighted by Crippen LogP contribution is 2.22. The zero-order chi connectivity index (χ0) is 27.3. The Morgan fingerprint density at radius 1 is 0.917 bits per heavy atom. The number of aromatic nitrogens is 1. The first-order chi connectivity index (χ1) is 17.1. The minimum atomic E-state index is -0.769. The van der Waals surface area contributed by atoms with Gasteiger partial charge in [0.1, 0.15) is 0 Å². The number of benzene rings is 2. The molecule has 2 aromatic carbocycles. The Morgan fingerprint density at radius 2 is 1.53 bits per heavy atom. The molecule has 3 aromatic rings. The number of pyridine rings is 1. The molecule has 0 atom stereocenters. The van der Waals surface area contributed by atoms with Crippen molar-refractivity contribution < 1.29 is 28.7 Å². The molecule has 0 saturated carbocycles. The Balaban J connectivity index is 0.000000293. The van der Waals surface area contributed by atoms with E-state index in [0.29, 0.717) is 29.1 Å². The lowest BCUT2D eigenvalue weighted by molar-refractivity contribution is -0.152. The number of Topliss-reactive ketones (excluding diaryl/α,β-unsaturated/α-hetero) is 1. The van der Waals surface area contributed by atoms with Gasteiger partial charge in [0.2, 0.25) is 5.78 Å². The third kappa shape index (κ3) is 10.0. The second-order valence-corrected chi connectivity index (χ2v) is 9.04. The topological polar surface area (TPSA) is 152 Å². The number of hydrogen-bond donors (Lipinski definition) is 2. The van der Waals surface area contributed by atoms with Gasteiger partial charge < -0.3 is 20.9 Å². The summed E-state index contributed by atoms with van der Waals surface area (Å²) in [4.78, 5) is 46.8. The van der Waals surface area contributed by atoms with E-state index in [4.69, 9.17) is 16.2 Å². The lowest BCUT2D eigenvalue weighted by atomic mass is 10.2. The quantitative estimate of drug-likeness (QED) is 0.118. The summed E-state index contributed by atoms with van der Waals surface area (Å²) in [7, 11) is 0. The van der Waals surface area contributed by atoms with Gasteiger partial charge in [0, 0.05) is 25.6 Å². The van der Waals surface area contributed by atoms with E-state index in [-0.39, 0.29) is 17.6 Å². The average Bonchev–Trinajstić information content (AvgIpc) is 2.85. The molecule has 0 saturated heterocycles. The number of rotatable bonds is 6. The number of nitrogens with two attached hydrogens (primary N) is 2. The monoisotopic (exact) mass is 687 g/mol. The van der Waals surface area contributed by atoms with Crippen LogP contribution in [0.1, 0.15) is 34.7 Å². The van der Waals surface area contributed by atoms with Crippen LogP contribution in [0.5, 0.6) is 0 Å². The maximum absolute atomic E-state index is 11.6. The number of nitrogens with zero attached hydrogens (tertiary/aromatic N) is 1. The number of halogens is 3. The van der Waals surface area contributed by atoms with Crippen molar-refractivity contribution in [1.29, 1.82) is 0 Å². The number of fused-ring (bicyclic) bond motifs is 1. The molecule has 4 N–H and O–H groups in total. The molecule has 3 rings (SSSR count). The Kier molecular flexibility index (Phi) is 13.9. The molecule has 0 radical (unpaired) electrons. The van der Waals surface area contributed by atoms with Crippen LogP contribution in [0.15, 0.2) is 51.4 Å². The number of carbonyl (C=O) groups excluding carboxylic acids is 4. The Bertz CT molecular complexity index is 1240. The molecule has 1 aromatic heterocycles. The highest BCUT2D eigenvalue weighted by atomic mass is 79.9. The first-order valence-corrected chi connectivity index (χ1v) is 13.1. The van der Waals surface area contributed by atoms with Gasteiger partial charge in [-0.1, -0.05) is 47.8 Å². The molecule has 9 nitrogen and oxygen atoms in total. The van der Waals surface area contributed by atoms with Crippen molar-refractivity contribution in [2.45, 2.75) is 13.8 Å². The van der Waals surface area contributed by atoms with Gasteiger partial charge in [0.15, 0.2) is 12.0 Å². The molecule has 0 aliphatic heterocycles. The van der Waals surface area contributed by atoms with E-state index in [1.807, 2.05) is 18.2 Å². The summed E-state index contributed by atoms with van der Waals surface area (Å²) >= 11 is 9.43. The molecule has 0 aliphatic rings. The molecule has 0 aliphatic carbocycles. The summed E-state index contributed by atoms with van der Waals surface area (Å²) < 4.78 is 11.1. The van der Waals surface area contributed by atoms with Crippen LogP contribution in [0.4, 0.5) is 11.4 Å². The van der Waals surface area contributed by atoms with Gasteiger partial charge in [-0.2, -0.15) is 0 Å². The Morgan fingerprint density at radius 3 is 2.08 bits per heavy atom. The summed E-state index contributed by atoms with van der Waals surface area (Å²) in [5, 5.41) is 0.913. The number of hydrogen-bond acceptors (Lipinski definition) is 9. The molecule has 192 valence electrons. The van der Waals surface area contributed by atoms with Crippen LogP contribution in [0.25, 0.3) is 10.9 Å². The number of anilines is 2. The predicted molar refractivity (Wildman–Crippen MR) is 149 cm³/mol. The van der Waals surface area contributed by atoms with Crippen LogP contribution in [-0.4, -0.2) is 47.5 Å². The largest absolute Gasteiger partial charge is 0.461 e. The summed E-state index contributed by atoms with van der Waals surface area (Å²) in [5.41, 5.74) is 13.5. The Hall–Kier alpha value is -2.83. The van der Waals surface area contributed by atoms with E-state index in [0.717, 1.165) is 20.6 Å². The minimum absolute atomic E-state index is 0.0336. The number of esters is 2. The van der Waals surface area contributed by atoms with Gasteiger partial charge in [0.25, 0.3) is 0 Å². The maximum atomic E-state index is 11.6. The molecule has 36 heavy (non-hydrogen) atoms. The van der Waals surface area contributed by atoms with Crippen molar-refractivity contribution in [3.05, 3.63) is 62.7 Å². The molecule has 0 amide bonds. The van der Waals surface area contributed by atoms with Gasteiger partial charge in [-0.05, 0) is 56.3 Å². The SMILES string of the molecule is CCOC(=O)C(=O)CBr.CCOC(=O)c1nc2ccc(Br)cc2cc1N.Nc1ccc(Br)cc1C=O. The number of aldehydes is 1. The Labute approximate surface area is 233 Å². The van der Waals surface area contributed by atoms with Gasteiger partial charge in [-0.15, -0.1) is 0 Å². The van der Waals surface area contributed by atoms with Crippen LogP contribution in [0.3, 0.4) is 0 Å². The smallest absolute Gasteiger partial charge is 0.375 e. The summed E-state index contributed by atoms with van der Waals surface area (Å²) in [5.74, 6) is -1.80. The van der Waals surface area contributed by atoms with E-state index >= 15 is 0 Å². The third-order valence-electron chi connectivity index (χ3n) is 4.08. The normalized spacial score (nSPS) is 9.69. The van der Waals surface area contributed by atoms with Gasteiger partial charge in [0.05, 0.1) is 29.7 Å². The molecular formula is C24H24Br3N3O6. The highest BCUT2D eigenvalue weighted by Gasteiger charge is 2.14. The van der Waals surface area contributed by atoms with Crippen molar-refractivity contribution in [3.8, 4) is 0 Å². The summed E-state index contributed by atoms with van der Waals surface area (Å²) in [6.45, 7) is 3.95. The number of nitrogen functional groups attached to an aromatic ring is 2. The van der Waals surface area contributed by atoms with Crippen molar-refractivity contribution >= 4 is 94.1 Å². The van der Waals surface area contributed by atoms with E-state index in [2.05, 4.69) is 57.5 Å². The minimum Gasteiger partial charge on any atom is -0.461 e. The third-order valence-corrected chi connectivity index (χ3v) is 5.57. The fourth-order valence-electron chi connectivity index (χ4n) is 2.44. The van der Waals surface area contributed by atoms with Crippen LogP contribution in [0.2, 0.25) is 0 Å². The number of carbonyl (C=O) groups is 4. The van der Waals surface area contributed by atoms with E-state index in [1.165, 1.54) is 0 Å². The zero-order valence-corrected chi connectivity index (χ0v) is 24.2. The standard InChI is InChI=1S/C12H11BrN2O2.C7H6BrNO.C5H7BrO3/c1-2-17-12(16)11-9(14)6-7-5-8(13)3-4-10(7)15-11;8-6-1-2-7(9)5(3-6)4-10;1-2-9-5(8)4(7)3-6/h3-6H,2,14H2,1H3;1-4H,9H2;2-3H2,1H3. The van der Waals surface area contributed by atoms with Crippen LogP contribution in [0, 0.1) is 0 Å². The van der Waals surface area contributed by atoms with Crippen molar-refractivity contribution in [2.75, 3.05) is 30.0 Å². The van der Waals surface area contributed by atoms with Gasteiger partial charge in [-0.25, -0.2) is 14.6 Å². The van der Waals surface area contributed by atoms with Crippen molar-refractivity contribution in [1.82, 2.24) is 4.98 Å². The number of ketones is 1. The van der Waals surface area contributed by atoms with Gasteiger partial charge >= 0.3 is 11.9 Å². The van der Waals surface area contributed by atoms with Crippen molar-refractivity contribution in [3.63, 3.8) is 0 Å². The fourth-order valence-corrected chi connectivity index (χ4v) is 3.43. The second kappa shape index (κ2) is 16.0. The zero-order valence-electron chi connectivity index (χ0n) is 19.4. The second-order valence-electron chi connectivity index (χ2n) is 6.65. The van der Waals surface area contributed by atoms with Crippen LogP contribution >= 0.6 is 47.8 Å². The first kappa shape index (κ1) is 31.2.